The molecule has 5 rings (SSSR count). The van der Waals surface area contributed by atoms with Crippen LogP contribution < -0.4 is 5.32 Å². The maximum absolute atomic E-state index is 13.3. The van der Waals surface area contributed by atoms with E-state index in [-0.39, 0.29) is 0 Å². The number of aromatic nitrogens is 1. The van der Waals surface area contributed by atoms with E-state index in [1.165, 1.54) is 14.4 Å². The van der Waals surface area contributed by atoms with Crippen molar-refractivity contribution in [2.75, 3.05) is 6.54 Å². The Hall–Kier alpha value is -2.67. The molecule has 0 spiro atoms. The summed E-state index contributed by atoms with van der Waals surface area (Å²) in [7, 11) is -3.62. The SMILES string of the molecule is O=S(=O)(c1ccccc1)n1cc(CCCCC2CC(c3cccs3)=CCN2)c2ccccc21. The lowest BCUT2D eigenvalue weighted by Crippen LogP contribution is -2.32. The fourth-order valence-corrected chi connectivity index (χ4v) is 6.86. The second kappa shape index (κ2) is 9.67. The number of unbranched alkanes of at least 4 members (excludes halogenated alkanes) is 1. The first kappa shape index (κ1) is 22.1. The Morgan fingerprint density at radius 2 is 1.79 bits per heavy atom. The Balaban J connectivity index is 1.26. The summed E-state index contributed by atoms with van der Waals surface area (Å²) in [4.78, 5) is 1.70. The van der Waals surface area contributed by atoms with E-state index in [1.807, 2.05) is 47.9 Å². The highest BCUT2D eigenvalue weighted by Crippen LogP contribution is 2.29. The van der Waals surface area contributed by atoms with Crippen LogP contribution in [-0.4, -0.2) is 25.0 Å². The highest BCUT2D eigenvalue weighted by Gasteiger charge is 2.21. The molecule has 4 aromatic rings. The van der Waals surface area contributed by atoms with E-state index in [9.17, 15) is 8.42 Å². The van der Waals surface area contributed by atoms with Crippen LogP contribution in [-0.2, 0) is 16.4 Å². The lowest BCUT2D eigenvalue weighted by atomic mass is 9.95. The first-order valence-corrected chi connectivity index (χ1v) is 13.8. The van der Waals surface area contributed by atoms with Gasteiger partial charge in [0.15, 0.2) is 0 Å². The summed E-state index contributed by atoms with van der Waals surface area (Å²) in [6.45, 7) is 0.933. The molecule has 1 aliphatic rings. The van der Waals surface area contributed by atoms with Gasteiger partial charge in [-0.3, -0.25) is 0 Å². The third-order valence-corrected chi connectivity index (χ3v) is 9.00. The maximum atomic E-state index is 13.3. The molecular formula is C27H28N2O2S2. The van der Waals surface area contributed by atoms with Gasteiger partial charge in [0.25, 0.3) is 10.0 Å². The zero-order valence-corrected chi connectivity index (χ0v) is 20.1. The van der Waals surface area contributed by atoms with Crippen molar-refractivity contribution in [3.8, 4) is 0 Å². The van der Waals surface area contributed by atoms with E-state index in [2.05, 4.69) is 28.9 Å². The van der Waals surface area contributed by atoms with Crippen LogP contribution >= 0.6 is 11.3 Å². The smallest absolute Gasteiger partial charge is 0.268 e. The predicted octanol–water partition coefficient (Wildman–Crippen LogP) is 6.10. The summed E-state index contributed by atoms with van der Waals surface area (Å²) in [6.07, 6.45) is 9.36. The number of rotatable bonds is 8. The molecule has 1 aliphatic heterocycles. The molecule has 0 aliphatic carbocycles. The standard InChI is InChI=1S/C27H28N2O2S2/c30-33(31,24-11-2-1-3-12-24)29-20-22(25-13-6-7-14-26(25)29)9-4-5-10-23-19-21(16-17-28-23)27-15-8-18-32-27/h1-3,6-8,11-16,18,20,23,28H,4-5,9-10,17,19H2. The van der Waals surface area contributed by atoms with E-state index in [4.69, 9.17) is 0 Å². The normalized spacial score (nSPS) is 16.7. The Labute approximate surface area is 199 Å². The van der Waals surface area contributed by atoms with Crippen molar-refractivity contribution in [2.24, 2.45) is 0 Å². The van der Waals surface area contributed by atoms with Crippen molar-refractivity contribution >= 4 is 37.8 Å². The fraction of sp³-hybridized carbons (Fsp3) is 0.259. The minimum absolute atomic E-state index is 0.315. The van der Waals surface area contributed by atoms with Crippen LogP contribution in [0.2, 0.25) is 0 Å². The van der Waals surface area contributed by atoms with Crippen LogP contribution in [0.5, 0.6) is 0 Å². The molecule has 2 aromatic carbocycles. The molecule has 0 fully saturated rings. The Morgan fingerprint density at radius 3 is 2.61 bits per heavy atom. The van der Waals surface area contributed by atoms with Crippen molar-refractivity contribution in [1.29, 1.82) is 0 Å². The number of benzene rings is 2. The number of hydrogen-bond donors (Lipinski definition) is 1. The summed E-state index contributed by atoms with van der Waals surface area (Å²) in [6, 6.07) is 21.3. The van der Waals surface area contributed by atoms with Crippen molar-refractivity contribution < 1.29 is 8.42 Å². The molecule has 4 nitrogen and oxygen atoms in total. The van der Waals surface area contributed by atoms with Gasteiger partial charge in [0.1, 0.15) is 0 Å². The number of nitrogens with zero attached hydrogens (tertiary/aromatic N) is 1. The van der Waals surface area contributed by atoms with E-state index in [0.717, 1.165) is 55.1 Å². The molecule has 1 atom stereocenters. The first-order valence-electron chi connectivity index (χ1n) is 11.5. The molecule has 0 bridgehead atoms. The second-order valence-corrected chi connectivity index (χ2v) is 11.3. The number of thiophene rings is 1. The molecule has 1 unspecified atom stereocenters. The zero-order chi connectivity index (χ0) is 22.7. The maximum Gasteiger partial charge on any atom is 0.268 e. The molecule has 0 saturated carbocycles. The quantitative estimate of drug-likeness (QED) is 0.313. The summed E-state index contributed by atoms with van der Waals surface area (Å²) in [5.74, 6) is 0. The van der Waals surface area contributed by atoms with Gasteiger partial charge in [0.05, 0.1) is 10.4 Å². The molecule has 0 saturated heterocycles. The summed E-state index contributed by atoms with van der Waals surface area (Å²) in [5.41, 5.74) is 3.31. The second-order valence-electron chi connectivity index (χ2n) is 8.55. The van der Waals surface area contributed by atoms with E-state index in [1.54, 1.807) is 24.3 Å². The van der Waals surface area contributed by atoms with Gasteiger partial charge < -0.3 is 5.32 Å². The van der Waals surface area contributed by atoms with Gasteiger partial charge in [-0.2, -0.15) is 0 Å². The lowest BCUT2D eigenvalue weighted by Gasteiger charge is -2.24. The van der Waals surface area contributed by atoms with Crippen molar-refractivity contribution in [3.63, 3.8) is 0 Å². The minimum atomic E-state index is -3.62. The monoisotopic (exact) mass is 476 g/mol. The average molecular weight is 477 g/mol. The van der Waals surface area contributed by atoms with Crippen LogP contribution in [0, 0.1) is 0 Å². The lowest BCUT2D eigenvalue weighted by molar-refractivity contribution is 0.477. The Bertz CT molecular complexity index is 1350. The van der Waals surface area contributed by atoms with Gasteiger partial charge in [-0.05, 0) is 66.5 Å². The number of nitrogens with one attached hydrogen (secondary N) is 1. The van der Waals surface area contributed by atoms with Gasteiger partial charge in [0.2, 0.25) is 0 Å². The largest absolute Gasteiger partial charge is 0.310 e. The zero-order valence-electron chi connectivity index (χ0n) is 18.5. The molecule has 0 radical (unpaired) electrons. The molecule has 170 valence electrons. The van der Waals surface area contributed by atoms with E-state index >= 15 is 0 Å². The number of aryl methyl sites for hydroxylation is 1. The molecule has 3 heterocycles. The van der Waals surface area contributed by atoms with Gasteiger partial charge in [-0.1, -0.05) is 55.0 Å². The average Bonchev–Trinajstić information content (AvgIpc) is 3.52. The molecule has 2 aromatic heterocycles. The third kappa shape index (κ3) is 4.69. The van der Waals surface area contributed by atoms with Crippen LogP contribution in [0.25, 0.3) is 16.5 Å². The highest BCUT2D eigenvalue weighted by molar-refractivity contribution is 7.90. The Morgan fingerprint density at radius 1 is 0.970 bits per heavy atom. The minimum Gasteiger partial charge on any atom is -0.310 e. The van der Waals surface area contributed by atoms with E-state index < -0.39 is 10.0 Å². The van der Waals surface area contributed by atoms with Gasteiger partial charge in [-0.25, -0.2) is 12.4 Å². The number of hydrogen-bond acceptors (Lipinski definition) is 4. The number of fused-ring (bicyclic) bond motifs is 1. The van der Waals surface area contributed by atoms with Crippen molar-refractivity contribution in [1.82, 2.24) is 9.29 Å². The van der Waals surface area contributed by atoms with Crippen molar-refractivity contribution in [2.45, 2.75) is 43.0 Å². The fourth-order valence-electron chi connectivity index (χ4n) is 4.66. The van der Waals surface area contributed by atoms with Crippen LogP contribution in [0.4, 0.5) is 0 Å². The predicted molar refractivity (Wildman–Crippen MR) is 137 cm³/mol. The summed E-state index contributed by atoms with van der Waals surface area (Å²) in [5, 5.41) is 6.79. The number of para-hydroxylation sites is 1. The molecule has 33 heavy (non-hydrogen) atoms. The third-order valence-electron chi connectivity index (χ3n) is 6.37. The van der Waals surface area contributed by atoms with Gasteiger partial charge in [0, 0.05) is 29.0 Å². The van der Waals surface area contributed by atoms with Gasteiger partial charge >= 0.3 is 0 Å². The first-order chi connectivity index (χ1) is 16.1. The highest BCUT2D eigenvalue weighted by atomic mass is 32.2. The molecule has 6 heteroatoms. The molecule has 1 N–H and O–H groups in total. The summed E-state index contributed by atoms with van der Waals surface area (Å²) >= 11 is 1.81. The van der Waals surface area contributed by atoms with Crippen LogP contribution in [0.15, 0.2) is 89.3 Å². The topological polar surface area (TPSA) is 51.1 Å². The Kier molecular flexibility index (Phi) is 6.49. The van der Waals surface area contributed by atoms with Crippen LogP contribution in [0.1, 0.15) is 36.1 Å². The van der Waals surface area contributed by atoms with Crippen molar-refractivity contribution in [3.05, 3.63) is 94.8 Å². The van der Waals surface area contributed by atoms with E-state index in [0.29, 0.717) is 10.9 Å². The van der Waals surface area contributed by atoms with Crippen LogP contribution in [0.3, 0.4) is 0 Å². The molecule has 0 amide bonds. The van der Waals surface area contributed by atoms with Gasteiger partial charge in [-0.15, -0.1) is 11.3 Å². The molecular weight excluding hydrogens is 448 g/mol. The summed E-state index contributed by atoms with van der Waals surface area (Å²) < 4.78 is 28.0.